The number of hydrogen-bond donors (Lipinski definition) is 0. The van der Waals surface area contributed by atoms with Gasteiger partial charge in [0.25, 0.3) is 0 Å². The molecule has 0 nitrogen and oxygen atoms in total. The van der Waals surface area contributed by atoms with Crippen LogP contribution in [0.4, 0.5) is 0 Å². The minimum Gasteiger partial charge on any atom is -0.108 e. The molecule has 5 rings (SSSR count). The topological polar surface area (TPSA) is 0 Å². The van der Waals surface area contributed by atoms with Gasteiger partial charge in [-0.2, -0.15) is 0 Å². The molecule has 0 saturated carbocycles. The van der Waals surface area contributed by atoms with Crippen molar-refractivity contribution in [1.29, 1.82) is 0 Å². The van der Waals surface area contributed by atoms with Gasteiger partial charge in [0, 0.05) is 0 Å². The third kappa shape index (κ3) is 7.69. The van der Waals surface area contributed by atoms with Crippen LogP contribution in [-0.4, -0.2) is 54.1 Å². The fraction of sp³-hybridized carbons (Fsp3) is 0.400. The molecule has 3 aliphatic rings. The Hall–Kier alpha value is -0.186. The normalized spacial score (nSPS) is 28.2. The molecule has 0 amide bonds. The highest BCUT2D eigenvalue weighted by Gasteiger charge is 2.42. The first-order valence-corrected chi connectivity index (χ1v) is 26.5. The molecule has 3 saturated heterocycles. The van der Waals surface area contributed by atoms with Gasteiger partial charge >= 0.3 is 0 Å². The molecule has 194 valence electrons. The third-order valence-electron chi connectivity index (χ3n) is 7.97. The maximum atomic E-state index is 4.43. The van der Waals surface area contributed by atoms with E-state index in [-0.39, 0.29) is 31.7 Å². The van der Waals surface area contributed by atoms with Crippen LogP contribution in [0, 0.1) is 0 Å². The second-order valence-corrected chi connectivity index (χ2v) is 31.8. The number of hydrogen-bond acceptors (Lipinski definition) is 0. The van der Waals surface area contributed by atoms with Crippen molar-refractivity contribution in [2.24, 2.45) is 0 Å². The molecular formula is C30H46P4Si2. The summed E-state index contributed by atoms with van der Waals surface area (Å²) < 4.78 is 0. The van der Waals surface area contributed by atoms with Crippen molar-refractivity contribution in [2.45, 2.75) is 38.3 Å². The zero-order chi connectivity index (χ0) is 26.5. The van der Waals surface area contributed by atoms with Crippen LogP contribution in [-0.2, 0) is 0 Å². The summed E-state index contributed by atoms with van der Waals surface area (Å²) in [6, 6.07) is 24.8. The molecule has 0 aromatic heterocycles. The molecule has 2 aromatic rings. The van der Waals surface area contributed by atoms with E-state index in [9.17, 15) is 0 Å². The number of rotatable bonds is 2. The molecule has 0 N–H and O–H groups in total. The average Bonchev–Trinajstić information content (AvgIpc) is 3.46. The Kier molecular flexibility index (Phi) is 11.2. The van der Waals surface area contributed by atoms with Crippen molar-refractivity contribution in [1.82, 2.24) is 0 Å². The summed E-state index contributed by atoms with van der Waals surface area (Å²) in [6.07, 6.45) is 5.55. The molecule has 0 bridgehead atoms. The Morgan fingerprint density at radius 1 is 0.556 bits per heavy atom. The fourth-order valence-corrected chi connectivity index (χ4v) is 31.3. The lowest BCUT2D eigenvalue weighted by atomic mass is 10.4. The van der Waals surface area contributed by atoms with Crippen LogP contribution < -0.4 is 10.6 Å². The molecule has 3 aliphatic heterocycles. The monoisotopic (exact) mass is 586 g/mol. The van der Waals surface area contributed by atoms with Crippen molar-refractivity contribution in [3.05, 3.63) is 95.3 Å². The lowest BCUT2D eigenvalue weighted by Gasteiger charge is -2.23. The first-order chi connectivity index (χ1) is 16.9. The van der Waals surface area contributed by atoms with Crippen LogP contribution in [0.2, 0.25) is 38.3 Å². The molecular weight excluding hydrogens is 540 g/mol. The summed E-state index contributed by atoms with van der Waals surface area (Å²) >= 11 is 0. The molecule has 36 heavy (non-hydrogen) atoms. The standard InChI is InChI=1S/C16H16P2.C8H18Si2.C6H12P2/c1-14-17(15-8-4-2-5-9-15)12-13-18(14)16-10-6-3-7-11-16;1-8-9(2,3)6-7-10(8,4)5;1-6-7(2)4-5-8(6)3/h2-11H,1,12-13H2;1,6-7H2,2-5H3;1,4-5H2,2-3H3. The summed E-state index contributed by atoms with van der Waals surface area (Å²) in [4.78, 5) is 1.71. The number of benzene rings is 2. The largest absolute Gasteiger partial charge is 0.108 e. The maximum absolute atomic E-state index is 4.43. The van der Waals surface area contributed by atoms with Gasteiger partial charge in [-0.1, -0.05) is 133 Å². The summed E-state index contributed by atoms with van der Waals surface area (Å²) in [5.41, 5.74) is 0. The Bertz CT molecular complexity index is 970. The minimum atomic E-state index is -0.912. The highest BCUT2D eigenvalue weighted by molar-refractivity contribution is 7.91. The molecule has 3 heterocycles. The fourth-order valence-electron chi connectivity index (χ4n) is 5.07. The smallest absolute Gasteiger partial charge is 0.0702 e. The van der Waals surface area contributed by atoms with Crippen molar-refractivity contribution in [3.8, 4) is 0 Å². The van der Waals surface area contributed by atoms with Gasteiger partial charge in [-0.15, -0.1) is 6.58 Å². The lowest BCUT2D eigenvalue weighted by Crippen LogP contribution is -2.33. The van der Waals surface area contributed by atoms with Gasteiger partial charge < -0.3 is 0 Å². The third-order valence-corrected chi connectivity index (χ3v) is 31.0. The molecule has 0 radical (unpaired) electrons. The first kappa shape index (κ1) is 30.4. The maximum Gasteiger partial charge on any atom is 0.0702 e. The van der Waals surface area contributed by atoms with Gasteiger partial charge in [-0.3, -0.25) is 0 Å². The van der Waals surface area contributed by atoms with E-state index < -0.39 is 16.1 Å². The van der Waals surface area contributed by atoms with E-state index in [0.29, 0.717) is 0 Å². The van der Waals surface area contributed by atoms with Gasteiger partial charge in [0.15, 0.2) is 0 Å². The van der Waals surface area contributed by atoms with Crippen LogP contribution in [0.3, 0.4) is 0 Å². The zero-order valence-corrected chi connectivity index (χ0v) is 29.0. The molecule has 2 aromatic carbocycles. The van der Waals surface area contributed by atoms with E-state index in [4.69, 9.17) is 0 Å². The Labute approximate surface area is 229 Å². The van der Waals surface area contributed by atoms with Crippen LogP contribution in [0.5, 0.6) is 0 Å². The van der Waals surface area contributed by atoms with Gasteiger partial charge in [0.05, 0.1) is 16.1 Å². The summed E-state index contributed by atoms with van der Waals surface area (Å²) in [5, 5.41) is 6.10. The molecule has 3 fully saturated rings. The van der Waals surface area contributed by atoms with Gasteiger partial charge in [-0.05, 0) is 74.5 Å². The van der Waals surface area contributed by atoms with Gasteiger partial charge in [0.1, 0.15) is 0 Å². The SMILES string of the molecule is C=C1P(C)CCP1C.C=C1P(c2ccccc2)CCP1c1ccccc1.C=C1[Si](C)(C)CC[Si]1(C)C. The second-order valence-electron chi connectivity index (χ2n) is 11.4. The van der Waals surface area contributed by atoms with Crippen LogP contribution >= 0.6 is 31.7 Å². The average molecular weight is 587 g/mol. The van der Waals surface area contributed by atoms with E-state index in [1.807, 2.05) is 0 Å². The molecule has 0 spiro atoms. The summed E-state index contributed by atoms with van der Waals surface area (Å²) in [5.74, 6) is 0. The zero-order valence-electron chi connectivity index (χ0n) is 23.4. The van der Waals surface area contributed by atoms with Gasteiger partial charge in [0.2, 0.25) is 0 Å². The molecule has 6 heteroatoms. The minimum absolute atomic E-state index is 0.130. The second kappa shape index (κ2) is 13.2. The Morgan fingerprint density at radius 2 is 0.917 bits per heavy atom. The predicted octanol–water partition coefficient (Wildman–Crippen LogP) is 9.83. The quantitative estimate of drug-likeness (QED) is 0.243. The van der Waals surface area contributed by atoms with Crippen LogP contribution in [0.1, 0.15) is 0 Å². The van der Waals surface area contributed by atoms with Gasteiger partial charge in [-0.25, -0.2) is 0 Å². The van der Waals surface area contributed by atoms with Crippen molar-refractivity contribution in [2.75, 3.05) is 38.0 Å². The van der Waals surface area contributed by atoms with Crippen molar-refractivity contribution >= 4 is 58.4 Å². The highest BCUT2D eigenvalue weighted by Crippen LogP contribution is 2.66. The molecule has 4 atom stereocenters. The Morgan fingerprint density at radius 3 is 1.17 bits per heavy atom. The highest BCUT2D eigenvalue weighted by atomic mass is 31.2. The predicted molar refractivity (Wildman–Crippen MR) is 183 cm³/mol. The van der Waals surface area contributed by atoms with Crippen molar-refractivity contribution < 1.29 is 0 Å². The molecule has 4 unspecified atom stereocenters. The van der Waals surface area contributed by atoms with Crippen molar-refractivity contribution in [3.63, 3.8) is 0 Å². The van der Waals surface area contributed by atoms with E-state index >= 15 is 0 Å². The van der Waals surface area contributed by atoms with E-state index in [0.717, 1.165) is 0 Å². The summed E-state index contributed by atoms with van der Waals surface area (Å²) in [7, 11) is -1.55. The van der Waals surface area contributed by atoms with E-state index in [1.165, 1.54) is 52.4 Å². The van der Waals surface area contributed by atoms with Crippen LogP contribution in [0.15, 0.2) is 95.3 Å². The Balaban J connectivity index is 0.000000169. The van der Waals surface area contributed by atoms with E-state index in [1.54, 1.807) is 9.87 Å². The molecule has 0 aliphatic carbocycles. The first-order valence-electron chi connectivity index (χ1n) is 13.1. The van der Waals surface area contributed by atoms with E-state index in [2.05, 4.69) is 120 Å². The lowest BCUT2D eigenvalue weighted by molar-refractivity contribution is 1.35. The van der Waals surface area contributed by atoms with Crippen LogP contribution in [0.25, 0.3) is 0 Å². The summed E-state index contributed by atoms with van der Waals surface area (Å²) in [6.45, 7) is 27.4.